The number of carbonyl (C=O) groups excluding carboxylic acids is 1. The molecule has 3 heterocycles. The van der Waals surface area contributed by atoms with E-state index < -0.39 is 0 Å². The number of amides is 1. The molecule has 2 aromatic carbocycles. The molecule has 1 fully saturated rings. The highest BCUT2D eigenvalue weighted by atomic mass is 127. The second-order valence-electron chi connectivity index (χ2n) is 8.28. The summed E-state index contributed by atoms with van der Waals surface area (Å²) in [5.41, 5.74) is 1.22. The van der Waals surface area contributed by atoms with Gasteiger partial charge in [0.2, 0.25) is 0 Å². The summed E-state index contributed by atoms with van der Waals surface area (Å²) in [7, 11) is 0. The molecule has 0 saturated carbocycles. The van der Waals surface area contributed by atoms with Gasteiger partial charge in [0.15, 0.2) is 5.76 Å². The van der Waals surface area contributed by atoms with E-state index in [2.05, 4.69) is 27.5 Å². The lowest BCUT2D eigenvalue weighted by molar-refractivity contribution is 0.0594. The number of nitrogens with zero attached hydrogens (tertiary/aromatic N) is 4. The molecule has 0 atom stereocenters. The fraction of sp³-hybridized carbons (Fsp3) is 0.269. The van der Waals surface area contributed by atoms with Crippen molar-refractivity contribution in [3.63, 3.8) is 0 Å². The number of hydrogen-bond acceptors (Lipinski definition) is 6. The molecule has 35 heavy (non-hydrogen) atoms. The largest absolute Gasteiger partial charge is 0.492 e. The Labute approximate surface area is 216 Å². The fourth-order valence-corrected chi connectivity index (χ4v) is 4.83. The van der Waals surface area contributed by atoms with Crippen molar-refractivity contribution < 1.29 is 13.9 Å². The zero-order valence-electron chi connectivity index (χ0n) is 19.3. The molecule has 180 valence electrons. The van der Waals surface area contributed by atoms with E-state index in [9.17, 15) is 9.59 Å². The van der Waals surface area contributed by atoms with Crippen molar-refractivity contribution in [1.29, 1.82) is 0 Å². The molecule has 1 aliphatic heterocycles. The molecule has 0 aliphatic carbocycles. The van der Waals surface area contributed by atoms with E-state index in [1.54, 1.807) is 21.6 Å². The lowest BCUT2D eigenvalue weighted by Crippen LogP contribution is -2.48. The Morgan fingerprint density at radius 3 is 2.63 bits per heavy atom. The van der Waals surface area contributed by atoms with Crippen molar-refractivity contribution in [2.45, 2.75) is 13.5 Å². The minimum absolute atomic E-state index is 0.101. The van der Waals surface area contributed by atoms with Crippen molar-refractivity contribution in [3.05, 3.63) is 86.4 Å². The molecular formula is C26H25IN4O4. The summed E-state index contributed by atoms with van der Waals surface area (Å²) in [6.07, 6.45) is 1.51. The maximum atomic E-state index is 13.8. The second kappa shape index (κ2) is 10.2. The number of carbonyl (C=O) groups is 1. The van der Waals surface area contributed by atoms with Crippen molar-refractivity contribution in [1.82, 2.24) is 19.4 Å². The van der Waals surface area contributed by atoms with Crippen LogP contribution < -0.4 is 10.3 Å². The van der Waals surface area contributed by atoms with E-state index in [1.165, 1.54) is 6.26 Å². The first-order valence-corrected chi connectivity index (χ1v) is 12.6. The molecule has 1 amide bonds. The average Bonchev–Trinajstić information content (AvgIpc) is 3.41. The van der Waals surface area contributed by atoms with E-state index in [0.717, 1.165) is 3.57 Å². The normalized spacial score (nSPS) is 14.4. The lowest BCUT2D eigenvalue weighted by atomic mass is 10.2. The first-order chi connectivity index (χ1) is 17.0. The molecule has 1 saturated heterocycles. The van der Waals surface area contributed by atoms with E-state index in [1.807, 2.05) is 49.4 Å². The van der Waals surface area contributed by atoms with Crippen molar-refractivity contribution in [2.24, 2.45) is 0 Å². The number of hydrogen-bond donors (Lipinski definition) is 0. The quantitative estimate of drug-likeness (QED) is 0.320. The number of ether oxygens (including phenoxy) is 1. The average molecular weight is 584 g/mol. The van der Waals surface area contributed by atoms with Gasteiger partial charge < -0.3 is 14.1 Å². The van der Waals surface area contributed by atoms with E-state index >= 15 is 0 Å². The first-order valence-electron chi connectivity index (χ1n) is 11.5. The van der Waals surface area contributed by atoms with Crippen LogP contribution in [0.3, 0.4) is 0 Å². The minimum Gasteiger partial charge on any atom is -0.492 e. The third-order valence-corrected chi connectivity index (χ3v) is 6.73. The van der Waals surface area contributed by atoms with Crippen LogP contribution in [0, 0.1) is 3.57 Å². The predicted molar refractivity (Wildman–Crippen MR) is 141 cm³/mol. The van der Waals surface area contributed by atoms with Gasteiger partial charge in [-0.2, -0.15) is 0 Å². The number of fused-ring (bicyclic) bond motifs is 1. The van der Waals surface area contributed by atoms with E-state index in [0.29, 0.717) is 73.3 Å². The third kappa shape index (κ3) is 4.83. The Bertz CT molecular complexity index is 1410. The second-order valence-corrected chi connectivity index (χ2v) is 9.52. The van der Waals surface area contributed by atoms with Crippen molar-refractivity contribution in [2.75, 3.05) is 32.8 Å². The molecule has 0 unspecified atom stereocenters. The molecule has 0 radical (unpaired) electrons. The van der Waals surface area contributed by atoms with Crippen LogP contribution in [-0.2, 0) is 6.54 Å². The molecule has 4 aromatic rings. The first kappa shape index (κ1) is 23.6. The van der Waals surface area contributed by atoms with Crippen molar-refractivity contribution >= 4 is 39.4 Å². The zero-order chi connectivity index (χ0) is 24.4. The van der Waals surface area contributed by atoms with E-state index in [-0.39, 0.29) is 11.5 Å². The summed E-state index contributed by atoms with van der Waals surface area (Å²) >= 11 is 2.21. The van der Waals surface area contributed by atoms with Crippen LogP contribution >= 0.6 is 22.6 Å². The van der Waals surface area contributed by atoms with Gasteiger partial charge in [-0.1, -0.05) is 12.1 Å². The van der Waals surface area contributed by atoms with Crippen LogP contribution in [0.4, 0.5) is 0 Å². The van der Waals surface area contributed by atoms with Crippen molar-refractivity contribution in [3.8, 4) is 11.4 Å². The van der Waals surface area contributed by atoms with Gasteiger partial charge in [-0.05, 0) is 72.0 Å². The monoisotopic (exact) mass is 584 g/mol. The Morgan fingerprint density at radius 1 is 1.09 bits per heavy atom. The van der Waals surface area contributed by atoms with E-state index in [4.69, 9.17) is 14.1 Å². The van der Waals surface area contributed by atoms with Gasteiger partial charge in [0.1, 0.15) is 11.6 Å². The standard InChI is InChI=1S/C26H25IN4O4/c1-2-34-22-7-4-3-6-21(22)31-24(28-20-10-9-18(27)16-19(20)25(31)32)17-29-11-13-30(14-12-29)26(33)23-8-5-15-35-23/h3-10,15-16H,2,11-14,17H2,1H3. The topological polar surface area (TPSA) is 80.8 Å². The number of aromatic nitrogens is 2. The fourth-order valence-electron chi connectivity index (χ4n) is 4.34. The SMILES string of the molecule is CCOc1ccccc1-n1c(CN2CCN(C(=O)c3ccco3)CC2)nc2ccc(I)cc2c1=O. The Morgan fingerprint density at radius 2 is 1.89 bits per heavy atom. The van der Waals surface area contributed by atoms with Crippen LogP contribution in [0.1, 0.15) is 23.3 Å². The van der Waals surface area contributed by atoms with Gasteiger partial charge in [-0.25, -0.2) is 4.98 Å². The van der Waals surface area contributed by atoms with Gasteiger partial charge in [0.05, 0.1) is 36.0 Å². The van der Waals surface area contributed by atoms with Gasteiger partial charge >= 0.3 is 0 Å². The summed E-state index contributed by atoms with van der Waals surface area (Å²) in [6.45, 7) is 5.37. The smallest absolute Gasteiger partial charge is 0.289 e. The Balaban J connectivity index is 1.48. The molecule has 0 N–H and O–H groups in total. The highest BCUT2D eigenvalue weighted by Gasteiger charge is 2.25. The van der Waals surface area contributed by atoms with Gasteiger partial charge in [0, 0.05) is 29.7 Å². The molecular weight excluding hydrogens is 559 g/mol. The predicted octanol–water partition coefficient (Wildman–Crippen LogP) is 3.94. The number of piperazine rings is 1. The summed E-state index contributed by atoms with van der Waals surface area (Å²) in [4.78, 5) is 35.3. The molecule has 5 rings (SSSR count). The number of benzene rings is 2. The molecule has 8 nitrogen and oxygen atoms in total. The van der Waals surface area contributed by atoms with Crippen LogP contribution in [0.15, 0.2) is 70.1 Å². The zero-order valence-corrected chi connectivity index (χ0v) is 21.5. The van der Waals surface area contributed by atoms with Crippen LogP contribution in [0.25, 0.3) is 16.6 Å². The number of rotatable bonds is 6. The maximum Gasteiger partial charge on any atom is 0.289 e. The maximum absolute atomic E-state index is 13.8. The minimum atomic E-state index is -0.123. The summed E-state index contributed by atoms with van der Waals surface area (Å²) in [6, 6.07) is 16.7. The Hall–Kier alpha value is -3.18. The van der Waals surface area contributed by atoms with Gasteiger partial charge in [0.25, 0.3) is 11.5 Å². The highest BCUT2D eigenvalue weighted by molar-refractivity contribution is 14.1. The molecule has 0 spiro atoms. The lowest BCUT2D eigenvalue weighted by Gasteiger charge is -2.34. The number of halogens is 1. The molecule has 1 aliphatic rings. The molecule has 9 heteroatoms. The van der Waals surface area contributed by atoms with Crippen LogP contribution in [-0.4, -0.2) is 58.0 Å². The highest BCUT2D eigenvalue weighted by Crippen LogP contribution is 2.25. The molecule has 0 bridgehead atoms. The van der Waals surface area contributed by atoms with Crippen LogP contribution in [0.2, 0.25) is 0 Å². The Kier molecular flexibility index (Phi) is 6.87. The number of furan rings is 1. The third-order valence-electron chi connectivity index (χ3n) is 6.06. The van der Waals surface area contributed by atoms with Gasteiger partial charge in [-0.3, -0.25) is 19.1 Å². The summed E-state index contributed by atoms with van der Waals surface area (Å²) in [5.74, 6) is 1.53. The summed E-state index contributed by atoms with van der Waals surface area (Å²) in [5, 5.41) is 0.570. The molecule has 2 aromatic heterocycles. The van der Waals surface area contributed by atoms with Crippen LogP contribution in [0.5, 0.6) is 5.75 Å². The van der Waals surface area contributed by atoms with Gasteiger partial charge in [-0.15, -0.1) is 0 Å². The number of para-hydroxylation sites is 2. The summed E-state index contributed by atoms with van der Waals surface area (Å²) < 4.78 is 13.8.